The number of aryl methyl sites for hydroxylation is 2. The lowest BCUT2D eigenvalue weighted by Crippen LogP contribution is -2.39. The molecule has 0 aromatic heterocycles. The fourth-order valence-electron chi connectivity index (χ4n) is 3.40. The van der Waals surface area contributed by atoms with Crippen molar-refractivity contribution in [2.45, 2.75) is 59.5 Å². The van der Waals surface area contributed by atoms with E-state index >= 15 is 0 Å². The molecule has 10 heteroatoms. The Kier molecular flexibility index (Phi) is 8.41. The summed E-state index contributed by atoms with van der Waals surface area (Å²) in [6.45, 7) is 3.54. The second-order valence-electron chi connectivity index (χ2n) is 7.85. The van der Waals surface area contributed by atoms with Gasteiger partial charge in [-0.2, -0.15) is 26.3 Å². The van der Waals surface area contributed by atoms with Crippen LogP contribution in [0.15, 0.2) is 48.5 Å². The quantitative estimate of drug-likeness (QED) is 0.243. The van der Waals surface area contributed by atoms with Crippen molar-refractivity contribution in [1.82, 2.24) is 0 Å². The predicted molar refractivity (Wildman–Crippen MR) is 118 cm³/mol. The molecule has 0 amide bonds. The zero-order valence-corrected chi connectivity index (χ0v) is 20.0. The number of halogens is 10. The molecule has 0 saturated heterocycles. The SMILES string of the molecule is Cc1ccc(C(CC(Cl)(Cl)C(F)(F)F)C(CC(Cl)(Cl)C(F)(F)F)c2ccc(C)cc2)cc1. The zero-order chi connectivity index (χ0) is 24.5. The number of hydrogen-bond acceptors (Lipinski definition) is 0. The third-order valence-electron chi connectivity index (χ3n) is 5.28. The summed E-state index contributed by atoms with van der Waals surface area (Å²) < 4.78 is 74.7. The van der Waals surface area contributed by atoms with Crippen LogP contribution in [0.1, 0.15) is 46.9 Å². The molecule has 0 aliphatic heterocycles. The highest BCUT2D eigenvalue weighted by atomic mass is 35.5. The Bertz CT molecular complexity index is 811. The largest absolute Gasteiger partial charge is 0.421 e. The van der Waals surface area contributed by atoms with Crippen LogP contribution in [0.4, 0.5) is 26.3 Å². The molecule has 0 aliphatic rings. The molecule has 0 heterocycles. The maximum atomic E-state index is 13.5. The molecule has 2 atom stereocenters. The lowest BCUT2D eigenvalue weighted by atomic mass is 9.75. The van der Waals surface area contributed by atoms with Crippen molar-refractivity contribution in [1.29, 1.82) is 0 Å². The average Bonchev–Trinajstić information content (AvgIpc) is 2.64. The molecule has 0 radical (unpaired) electrons. The normalized spacial score (nSPS) is 15.5. The van der Waals surface area contributed by atoms with Gasteiger partial charge in [-0.1, -0.05) is 106 Å². The van der Waals surface area contributed by atoms with E-state index in [0.717, 1.165) is 11.1 Å². The summed E-state index contributed by atoms with van der Waals surface area (Å²) in [5, 5.41) is 0. The highest BCUT2D eigenvalue weighted by Crippen LogP contribution is 2.54. The molecule has 32 heavy (non-hydrogen) atoms. The van der Waals surface area contributed by atoms with Crippen LogP contribution in [-0.2, 0) is 0 Å². The highest BCUT2D eigenvalue weighted by molar-refractivity contribution is 6.49. The molecule has 0 nitrogen and oxygen atoms in total. The summed E-state index contributed by atoms with van der Waals surface area (Å²) in [5.41, 5.74) is 2.31. The van der Waals surface area contributed by atoms with E-state index < -0.39 is 45.7 Å². The van der Waals surface area contributed by atoms with Crippen LogP contribution in [0.2, 0.25) is 0 Å². The summed E-state index contributed by atoms with van der Waals surface area (Å²) in [5.74, 6) is -2.34. The van der Waals surface area contributed by atoms with Crippen molar-refractivity contribution < 1.29 is 26.3 Å². The lowest BCUT2D eigenvalue weighted by molar-refractivity contribution is -0.148. The van der Waals surface area contributed by atoms with Crippen LogP contribution >= 0.6 is 46.4 Å². The minimum absolute atomic E-state index is 0.336. The molecule has 0 saturated carbocycles. The molecule has 2 aromatic carbocycles. The van der Waals surface area contributed by atoms with Gasteiger partial charge >= 0.3 is 12.4 Å². The van der Waals surface area contributed by atoms with E-state index in [1.165, 1.54) is 0 Å². The lowest BCUT2D eigenvalue weighted by Gasteiger charge is -2.36. The van der Waals surface area contributed by atoms with Crippen LogP contribution in [0.3, 0.4) is 0 Å². The Morgan fingerprint density at radius 3 is 1.03 bits per heavy atom. The second-order valence-corrected chi connectivity index (χ2v) is 10.8. The van der Waals surface area contributed by atoms with Crippen molar-refractivity contribution in [3.63, 3.8) is 0 Å². The molecule has 0 bridgehead atoms. The van der Waals surface area contributed by atoms with Gasteiger partial charge in [-0.25, -0.2) is 0 Å². The monoisotopic (exact) mass is 538 g/mol. The first-order chi connectivity index (χ1) is 14.4. The molecule has 0 aliphatic carbocycles. The summed E-state index contributed by atoms with van der Waals surface area (Å²) in [6, 6.07) is 12.7. The summed E-state index contributed by atoms with van der Waals surface area (Å²) >= 11 is 22.6. The van der Waals surface area contributed by atoms with Gasteiger partial charge in [0.2, 0.25) is 8.67 Å². The topological polar surface area (TPSA) is 0 Å². The van der Waals surface area contributed by atoms with Crippen LogP contribution in [0, 0.1) is 13.8 Å². The Balaban J connectivity index is 2.66. The van der Waals surface area contributed by atoms with Crippen LogP contribution < -0.4 is 0 Å². The van der Waals surface area contributed by atoms with E-state index in [-0.39, 0.29) is 0 Å². The Morgan fingerprint density at radius 2 is 0.812 bits per heavy atom. The van der Waals surface area contributed by atoms with Gasteiger partial charge < -0.3 is 0 Å². The molecule has 0 N–H and O–H groups in total. The van der Waals surface area contributed by atoms with Crippen molar-refractivity contribution in [2.75, 3.05) is 0 Å². The highest BCUT2D eigenvalue weighted by Gasteiger charge is 2.57. The third kappa shape index (κ3) is 6.62. The van der Waals surface area contributed by atoms with Gasteiger partial charge in [0.1, 0.15) is 0 Å². The maximum Gasteiger partial charge on any atom is 0.421 e. The van der Waals surface area contributed by atoms with Crippen LogP contribution in [0.5, 0.6) is 0 Å². The average molecular weight is 540 g/mol. The number of alkyl halides is 10. The Hall–Kier alpha value is -0.820. The van der Waals surface area contributed by atoms with Crippen molar-refractivity contribution in [3.05, 3.63) is 70.8 Å². The molecule has 2 rings (SSSR count). The Labute approximate surface area is 202 Å². The zero-order valence-electron chi connectivity index (χ0n) is 17.0. The molecular formula is C22H20Cl4F6. The molecule has 2 unspecified atom stereocenters. The first-order valence-corrected chi connectivity index (χ1v) is 11.0. The van der Waals surface area contributed by atoms with Crippen molar-refractivity contribution in [2.24, 2.45) is 0 Å². The van der Waals surface area contributed by atoms with Crippen LogP contribution in [-0.4, -0.2) is 21.0 Å². The fraction of sp³-hybridized carbons (Fsp3) is 0.455. The van der Waals surface area contributed by atoms with E-state index in [9.17, 15) is 26.3 Å². The van der Waals surface area contributed by atoms with E-state index in [0.29, 0.717) is 11.1 Å². The van der Waals surface area contributed by atoms with Gasteiger partial charge in [0.25, 0.3) is 0 Å². The van der Waals surface area contributed by atoms with E-state index in [2.05, 4.69) is 0 Å². The van der Waals surface area contributed by atoms with Gasteiger partial charge in [0, 0.05) is 0 Å². The molecule has 178 valence electrons. The first-order valence-electron chi connectivity index (χ1n) is 9.47. The van der Waals surface area contributed by atoms with Gasteiger partial charge in [-0.05, 0) is 49.7 Å². The first kappa shape index (κ1) is 27.4. The third-order valence-corrected chi connectivity index (χ3v) is 6.75. The van der Waals surface area contributed by atoms with Crippen LogP contribution in [0.25, 0.3) is 0 Å². The van der Waals surface area contributed by atoms with Crippen molar-refractivity contribution in [3.8, 4) is 0 Å². The van der Waals surface area contributed by atoms with E-state index in [4.69, 9.17) is 46.4 Å². The molecule has 2 aromatic rings. The minimum atomic E-state index is -5.01. The molecule has 0 fully saturated rings. The van der Waals surface area contributed by atoms with Gasteiger partial charge in [0.05, 0.1) is 0 Å². The van der Waals surface area contributed by atoms with E-state index in [1.54, 1.807) is 62.4 Å². The van der Waals surface area contributed by atoms with Gasteiger partial charge in [-0.15, -0.1) is 0 Å². The predicted octanol–water partition coefficient (Wildman–Crippen LogP) is 9.42. The summed E-state index contributed by atoms with van der Waals surface area (Å²) in [7, 11) is 0. The maximum absolute atomic E-state index is 13.5. The summed E-state index contributed by atoms with van der Waals surface area (Å²) in [6.07, 6.45) is -11.8. The van der Waals surface area contributed by atoms with Gasteiger partial charge in [-0.3, -0.25) is 0 Å². The smallest absolute Gasteiger partial charge is 0.168 e. The summed E-state index contributed by atoms with van der Waals surface area (Å²) in [4.78, 5) is 0. The standard InChI is InChI=1S/C22H20Cl4F6/c1-13-3-7-15(8-4-13)17(11-19(23,24)21(27,28)29)18(12-20(25,26)22(30,31)32)16-9-5-14(2)6-10-16/h3-10,17-18H,11-12H2,1-2H3. The molecular weight excluding hydrogens is 520 g/mol. The number of benzene rings is 2. The minimum Gasteiger partial charge on any atom is -0.168 e. The number of rotatable bonds is 7. The van der Waals surface area contributed by atoms with E-state index in [1.807, 2.05) is 0 Å². The fourth-order valence-corrected chi connectivity index (χ4v) is 4.06. The second kappa shape index (κ2) is 9.81. The van der Waals surface area contributed by atoms with Crippen molar-refractivity contribution >= 4 is 46.4 Å². The van der Waals surface area contributed by atoms with Gasteiger partial charge in [0.15, 0.2) is 0 Å². The Morgan fingerprint density at radius 1 is 0.562 bits per heavy atom. The number of hydrogen-bond donors (Lipinski definition) is 0. The molecule has 0 spiro atoms.